The van der Waals surface area contributed by atoms with Gasteiger partial charge in [0.05, 0.1) is 10.2 Å². The summed E-state index contributed by atoms with van der Waals surface area (Å²) in [5, 5.41) is 4.62. The van der Waals surface area contributed by atoms with Crippen LogP contribution in [0.3, 0.4) is 0 Å². The molecule has 1 heterocycles. The summed E-state index contributed by atoms with van der Waals surface area (Å²) in [4.78, 5) is 4.70. The van der Waals surface area contributed by atoms with E-state index >= 15 is 0 Å². The standard InChI is InChI=1S/C14H20N2S/c1-5-14(4,6-2)16-13-15-12-10(3)8-7-9-11(12)17-13/h7-9H,5-6H2,1-4H3,(H,15,16). The predicted octanol–water partition coefficient (Wildman–Crippen LogP) is 4.60. The van der Waals surface area contributed by atoms with Crippen molar-refractivity contribution in [1.29, 1.82) is 0 Å². The van der Waals surface area contributed by atoms with Gasteiger partial charge in [-0.05, 0) is 38.3 Å². The molecule has 92 valence electrons. The van der Waals surface area contributed by atoms with Crippen molar-refractivity contribution in [2.45, 2.75) is 46.1 Å². The number of aromatic nitrogens is 1. The molecule has 0 saturated heterocycles. The van der Waals surface area contributed by atoms with Crippen LogP contribution in [0.4, 0.5) is 5.13 Å². The molecule has 0 atom stereocenters. The van der Waals surface area contributed by atoms with Crippen LogP contribution in [0.1, 0.15) is 39.2 Å². The van der Waals surface area contributed by atoms with Gasteiger partial charge in [-0.2, -0.15) is 0 Å². The highest BCUT2D eigenvalue weighted by molar-refractivity contribution is 7.22. The van der Waals surface area contributed by atoms with Crippen LogP contribution < -0.4 is 5.32 Å². The lowest BCUT2D eigenvalue weighted by atomic mass is 9.96. The molecule has 0 saturated carbocycles. The molecule has 0 spiro atoms. The SMILES string of the molecule is CCC(C)(CC)Nc1nc2c(C)cccc2s1. The number of nitrogens with zero attached hydrogens (tertiary/aromatic N) is 1. The van der Waals surface area contributed by atoms with Gasteiger partial charge >= 0.3 is 0 Å². The van der Waals surface area contributed by atoms with Crippen molar-refractivity contribution in [2.24, 2.45) is 0 Å². The monoisotopic (exact) mass is 248 g/mol. The number of hydrogen-bond donors (Lipinski definition) is 1. The van der Waals surface area contributed by atoms with Crippen LogP contribution in [0.2, 0.25) is 0 Å². The van der Waals surface area contributed by atoms with Crippen LogP contribution in [0.25, 0.3) is 10.2 Å². The molecule has 0 aliphatic rings. The maximum absolute atomic E-state index is 4.70. The summed E-state index contributed by atoms with van der Waals surface area (Å²) in [6.07, 6.45) is 2.22. The number of rotatable bonds is 4. The van der Waals surface area contributed by atoms with Gasteiger partial charge in [0.2, 0.25) is 0 Å². The second-order valence-corrected chi connectivity index (χ2v) is 5.86. The van der Waals surface area contributed by atoms with Crippen molar-refractivity contribution < 1.29 is 0 Å². The lowest BCUT2D eigenvalue weighted by Gasteiger charge is -2.27. The van der Waals surface area contributed by atoms with E-state index in [0.717, 1.165) is 23.5 Å². The molecule has 0 bridgehead atoms. The molecular weight excluding hydrogens is 228 g/mol. The largest absolute Gasteiger partial charge is 0.356 e. The van der Waals surface area contributed by atoms with Gasteiger partial charge in [-0.1, -0.05) is 37.3 Å². The van der Waals surface area contributed by atoms with Gasteiger partial charge in [-0.15, -0.1) is 0 Å². The maximum Gasteiger partial charge on any atom is 0.184 e. The molecule has 0 unspecified atom stereocenters. The molecule has 1 N–H and O–H groups in total. The molecular formula is C14H20N2S. The Morgan fingerprint density at radius 2 is 2.00 bits per heavy atom. The van der Waals surface area contributed by atoms with Gasteiger partial charge in [0.25, 0.3) is 0 Å². The Morgan fingerprint density at radius 1 is 1.29 bits per heavy atom. The lowest BCUT2D eigenvalue weighted by molar-refractivity contribution is 0.478. The lowest BCUT2D eigenvalue weighted by Crippen LogP contribution is -2.32. The third-order valence-corrected chi connectivity index (χ3v) is 4.53. The van der Waals surface area contributed by atoms with Crippen LogP contribution in [0.15, 0.2) is 18.2 Å². The smallest absolute Gasteiger partial charge is 0.184 e. The van der Waals surface area contributed by atoms with E-state index in [2.05, 4.69) is 51.2 Å². The normalized spacial score (nSPS) is 12.0. The molecule has 0 amide bonds. The Morgan fingerprint density at radius 3 is 2.59 bits per heavy atom. The number of thiazole rings is 1. The molecule has 1 aromatic carbocycles. The Labute approximate surface area is 107 Å². The van der Waals surface area contributed by atoms with E-state index in [1.54, 1.807) is 11.3 Å². The molecule has 17 heavy (non-hydrogen) atoms. The summed E-state index contributed by atoms with van der Waals surface area (Å²) in [5.41, 5.74) is 2.54. The summed E-state index contributed by atoms with van der Waals surface area (Å²) >= 11 is 1.75. The van der Waals surface area contributed by atoms with Crippen LogP contribution >= 0.6 is 11.3 Å². The number of anilines is 1. The second-order valence-electron chi connectivity index (χ2n) is 4.83. The molecule has 0 aliphatic heterocycles. The van der Waals surface area contributed by atoms with Crippen molar-refractivity contribution in [3.05, 3.63) is 23.8 Å². The molecule has 1 aromatic heterocycles. The topological polar surface area (TPSA) is 24.9 Å². The minimum Gasteiger partial charge on any atom is -0.356 e. The first-order valence-corrected chi connectivity index (χ1v) is 7.04. The summed E-state index contributed by atoms with van der Waals surface area (Å²) in [6.45, 7) is 8.81. The Kier molecular flexibility index (Phi) is 3.38. The molecule has 2 aromatic rings. The number of aryl methyl sites for hydroxylation is 1. The Bertz CT molecular complexity index is 512. The Hall–Kier alpha value is -1.09. The fourth-order valence-corrected chi connectivity index (χ4v) is 2.92. The van der Waals surface area contributed by atoms with Crippen molar-refractivity contribution in [3.63, 3.8) is 0 Å². The van der Waals surface area contributed by atoms with Gasteiger partial charge in [0.15, 0.2) is 5.13 Å². The fraction of sp³-hybridized carbons (Fsp3) is 0.500. The first-order valence-electron chi connectivity index (χ1n) is 6.22. The summed E-state index contributed by atoms with van der Waals surface area (Å²) in [6, 6.07) is 6.35. The van der Waals surface area contributed by atoms with Crippen molar-refractivity contribution in [3.8, 4) is 0 Å². The van der Waals surface area contributed by atoms with Gasteiger partial charge < -0.3 is 5.32 Å². The minimum absolute atomic E-state index is 0.155. The van der Waals surface area contributed by atoms with E-state index in [9.17, 15) is 0 Å². The highest BCUT2D eigenvalue weighted by atomic mass is 32.1. The van der Waals surface area contributed by atoms with Crippen LogP contribution in [-0.4, -0.2) is 10.5 Å². The maximum atomic E-state index is 4.70. The van der Waals surface area contributed by atoms with E-state index in [1.165, 1.54) is 10.3 Å². The highest BCUT2D eigenvalue weighted by Crippen LogP contribution is 2.31. The van der Waals surface area contributed by atoms with Crippen LogP contribution in [0, 0.1) is 6.92 Å². The number of benzene rings is 1. The van der Waals surface area contributed by atoms with Crippen LogP contribution in [-0.2, 0) is 0 Å². The summed E-state index contributed by atoms with van der Waals surface area (Å²) < 4.78 is 1.27. The van der Waals surface area contributed by atoms with Gasteiger partial charge in [0, 0.05) is 5.54 Å². The Balaban J connectivity index is 2.34. The number of nitrogens with one attached hydrogen (secondary N) is 1. The molecule has 3 heteroatoms. The molecule has 2 nitrogen and oxygen atoms in total. The number of hydrogen-bond acceptors (Lipinski definition) is 3. The summed E-state index contributed by atoms with van der Waals surface area (Å²) in [7, 11) is 0. The van der Waals surface area contributed by atoms with E-state index in [-0.39, 0.29) is 5.54 Å². The second kappa shape index (κ2) is 4.65. The average molecular weight is 248 g/mol. The zero-order valence-electron chi connectivity index (χ0n) is 11.0. The minimum atomic E-state index is 0.155. The molecule has 0 radical (unpaired) electrons. The van der Waals surface area contributed by atoms with E-state index in [4.69, 9.17) is 4.98 Å². The number of fused-ring (bicyclic) bond motifs is 1. The fourth-order valence-electron chi connectivity index (χ4n) is 1.82. The number of para-hydroxylation sites is 1. The van der Waals surface area contributed by atoms with E-state index in [1.807, 2.05) is 0 Å². The van der Waals surface area contributed by atoms with E-state index < -0.39 is 0 Å². The predicted molar refractivity (Wildman–Crippen MR) is 77.0 cm³/mol. The highest BCUT2D eigenvalue weighted by Gasteiger charge is 2.20. The van der Waals surface area contributed by atoms with Gasteiger partial charge in [0.1, 0.15) is 0 Å². The van der Waals surface area contributed by atoms with Crippen molar-refractivity contribution >= 4 is 26.7 Å². The third-order valence-electron chi connectivity index (χ3n) is 3.59. The third kappa shape index (κ3) is 2.44. The quantitative estimate of drug-likeness (QED) is 0.855. The zero-order valence-corrected chi connectivity index (χ0v) is 11.8. The zero-order chi connectivity index (χ0) is 12.5. The van der Waals surface area contributed by atoms with Crippen LogP contribution in [0.5, 0.6) is 0 Å². The van der Waals surface area contributed by atoms with Crippen molar-refractivity contribution in [1.82, 2.24) is 4.98 Å². The molecule has 0 fully saturated rings. The van der Waals surface area contributed by atoms with E-state index in [0.29, 0.717) is 0 Å². The van der Waals surface area contributed by atoms with Gasteiger partial charge in [-0.3, -0.25) is 0 Å². The van der Waals surface area contributed by atoms with Crippen molar-refractivity contribution in [2.75, 3.05) is 5.32 Å². The summed E-state index contributed by atoms with van der Waals surface area (Å²) in [5.74, 6) is 0. The molecule has 0 aliphatic carbocycles. The van der Waals surface area contributed by atoms with Gasteiger partial charge in [-0.25, -0.2) is 4.98 Å². The average Bonchev–Trinajstić information content (AvgIpc) is 2.73. The first kappa shape index (κ1) is 12.4. The first-order chi connectivity index (χ1) is 8.08. The molecule has 2 rings (SSSR count).